The molecule has 1 aliphatic heterocycles. The van der Waals surface area contributed by atoms with Crippen molar-refractivity contribution >= 4 is 40.8 Å². The molecule has 154 valence electrons. The molecule has 0 N–H and O–H groups in total. The van der Waals surface area contributed by atoms with Crippen LogP contribution in [-0.2, 0) is 19.1 Å². The quantitative estimate of drug-likeness (QED) is 0.583. The lowest BCUT2D eigenvalue weighted by Gasteiger charge is -2.23. The molecule has 3 rings (SSSR count). The highest BCUT2D eigenvalue weighted by molar-refractivity contribution is 6.34. The molecule has 0 unspecified atom stereocenters. The van der Waals surface area contributed by atoms with Gasteiger partial charge in [-0.05, 0) is 54.6 Å². The van der Waals surface area contributed by atoms with Crippen molar-refractivity contribution in [3.63, 3.8) is 0 Å². The van der Waals surface area contributed by atoms with Gasteiger partial charge in [0.25, 0.3) is 0 Å². The molecule has 1 aliphatic rings. The molecule has 0 saturated heterocycles. The fraction of sp³-hybridized carbons (Fsp3) is 0.0909. The number of rotatable bonds is 5. The van der Waals surface area contributed by atoms with Gasteiger partial charge in [0.2, 0.25) is 0 Å². The van der Waals surface area contributed by atoms with Gasteiger partial charge >= 0.3 is 11.9 Å². The number of carbonyl (C=O) groups is 2. The average molecular weight is 446 g/mol. The van der Waals surface area contributed by atoms with Crippen LogP contribution in [0.5, 0.6) is 11.5 Å². The molecule has 0 spiro atoms. The topological polar surface area (TPSA) is 65.1 Å². The van der Waals surface area contributed by atoms with E-state index >= 15 is 0 Å². The van der Waals surface area contributed by atoms with E-state index in [-0.39, 0.29) is 11.3 Å². The van der Waals surface area contributed by atoms with E-state index in [4.69, 9.17) is 37.4 Å². The van der Waals surface area contributed by atoms with E-state index < -0.39 is 11.9 Å². The van der Waals surface area contributed by atoms with Crippen LogP contribution >= 0.6 is 23.2 Å². The molecule has 6 nitrogen and oxygen atoms in total. The first kappa shape index (κ1) is 21.5. The molecule has 2 aromatic carbocycles. The van der Waals surface area contributed by atoms with Gasteiger partial charge in [0.15, 0.2) is 0 Å². The molecule has 0 saturated carbocycles. The van der Waals surface area contributed by atoms with Gasteiger partial charge in [0, 0.05) is 21.9 Å². The highest BCUT2D eigenvalue weighted by atomic mass is 35.5. The zero-order valence-electron chi connectivity index (χ0n) is 16.1. The third-order valence-electron chi connectivity index (χ3n) is 4.08. The van der Waals surface area contributed by atoms with E-state index in [0.29, 0.717) is 27.2 Å². The van der Waals surface area contributed by atoms with Crippen molar-refractivity contribution in [1.29, 1.82) is 0 Å². The summed E-state index contributed by atoms with van der Waals surface area (Å²) in [6, 6.07) is 11.8. The maximum atomic E-state index is 12.5. The third-order valence-corrected chi connectivity index (χ3v) is 4.51. The Morgan fingerprint density at radius 2 is 1.47 bits per heavy atom. The van der Waals surface area contributed by atoms with Crippen molar-refractivity contribution in [3.8, 4) is 11.5 Å². The molecule has 1 heterocycles. The standard InChI is InChI=1S/C22H17Cl2NO5/c1-28-21(26)19-5-3-4-10-25(20(19)22(27)29-2)16-6-8-17(9-7-16)30-18-12-14(23)11-15(24)13-18/h3-13H,1-2H3. The summed E-state index contributed by atoms with van der Waals surface area (Å²) in [5.41, 5.74) is 0.709. The summed E-state index contributed by atoms with van der Waals surface area (Å²) >= 11 is 12.0. The van der Waals surface area contributed by atoms with Crippen LogP contribution in [0.2, 0.25) is 10.0 Å². The SMILES string of the molecule is COC(=O)C1=C(C(=O)OC)N(c2ccc(Oc3cc(Cl)cc(Cl)c3)cc2)C=CC=C1. The highest BCUT2D eigenvalue weighted by Gasteiger charge is 2.27. The Morgan fingerprint density at radius 1 is 0.833 bits per heavy atom. The fourth-order valence-electron chi connectivity index (χ4n) is 2.76. The van der Waals surface area contributed by atoms with E-state index in [1.807, 2.05) is 0 Å². The summed E-state index contributed by atoms with van der Waals surface area (Å²) in [5, 5.41) is 0.916. The number of ether oxygens (including phenoxy) is 3. The Hall–Kier alpha value is -3.22. The molecule has 0 radical (unpaired) electrons. The van der Waals surface area contributed by atoms with Crippen LogP contribution in [0.15, 0.2) is 78.2 Å². The van der Waals surface area contributed by atoms with Gasteiger partial charge in [-0.2, -0.15) is 0 Å². The van der Waals surface area contributed by atoms with Gasteiger partial charge < -0.3 is 19.1 Å². The van der Waals surface area contributed by atoms with Crippen molar-refractivity contribution in [2.24, 2.45) is 0 Å². The van der Waals surface area contributed by atoms with Crippen LogP contribution in [0.4, 0.5) is 5.69 Å². The minimum atomic E-state index is -0.680. The van der Waals surface area contributed by atoms with Crippen LogP contribution < -0.4 is 9.64 Å². The smallest absolute Gasteiger partial charge is 0.355 e. The van der Waals surface area contributed by atoms with Crippen LogP contribution in [-0.4, -0.2) is 26.2 Å². The Bertz CT molecular complexity index is 1040. The summed E-state index contributed by atoms with van der Waals surface area (Å²) in [6.07, 6.45) is 6.47. The predicted octanol–water partition coefficient (Wildman–Crippen LogP) is 5.28. The first-order chi connectivity index (χ1) is 14.4. The predicted molar refractivity (Wildman–Crippen MR) is 115 cm³/mol. The van der Waals surface area contributed by atoms with Gasteiger partial charge in [0.1, 0.15) is 17.2 Å². The number of esters is 2. The Balaban J connectivity index is 1.95. The van der Waals surface area contributed by atoms with Crippen LogP contribution in [0.1, 0.15) is 0 Å². The molecule has 8 heteroatoms. The van der Waals surface area contributed by atoms with Crippen molar-refractivity contribution in [2.45, 2.75) is 0 Å². The second-order valence-corrected chi connectivity index (χ2v) is 6.89. The normalized spacial score (nSPS) is 13.1. The van der Waals surface area contributed by atoms with Crippen LogP contribution in [0.25, 0.3) is 0 Å². The van der Waals surface area contributed by atoms with Gasteiger partial charge in [-0.1, -0.05) is 29.3 Å². The molecule has 0 aliphatic carbocycles. The monoisotopic (exact) mass is 445 g/mol. The van der Waals surface area contributed by atoms with E-state index in [1.54, 1.807) is 60.8 Å². The molecule has 0 amide bonds. The van der Waals surface area contributed by atoms with Crippen molar-refractivity contribution in [2.75, 3.05) is 19.1 Å². The second kappa shape index (κ2) is 9.52. The molecule has 0 atom stereocenters. The Kier molecular flexibility index (Phi) is 6.82. The van der Waals surface area contributed by atoms with Crippen molar-refractivity contribution in [3.05, 3.63) is 88.2 Å². The minimum absolute atomic E-state index is 0.0321. The summed E-state index contributed by atoms with van der Waals surface area (Å²) in [7, 11) is 2.49. The summed E-state index contributed by atoms with van der Waals surface area (Å²) in [6.45, 7) is 0. The van der Waals surface area contributed by atoms with Gasteiger partial charge in [-0.15, -0.1) is 0 Å². The maximum absolute atomic E-state index is 12.5. The summed E-state index contributed by atoms with van der Waals surface area (Å²) < 4.78 is 15.5. The van der Waals surface area contributed by atoms with E-state index in [9.17, 15) is 9.59 Å². The number of nitrogens with zero attached hydrogens (tertiary/aromatic N) is 1. The molecular formula is C22H17Cl2NO5. The first-order valence-corrected chi connectivity index (χ1v) is 9.47. The molecule has 2 aromatic rings. The Labute approximate surface area is 183 Å². The largest absolute Gasteiger partial charge is 0.465 e. The number of benzene rings is 2. The second-order valence-electron chi connectivity index (χ2n) is 6.02. The molecule has 0 fully saturated rings. The lowest BCUT2D eigenvalue weighted by molar-refractivity contribution is -0.139. The molecule has 0 bridgehead atoms. The van der Waals surface area contributed by atoms with Crippen LogP contribution in [0.3, 0.4) is 0 Å². The average Bonchev–Trinajstić information content (AvgIpc) is 2.95. The first-order valence-electron chi connectivity index (χ1n) is 8.72. The van der Waals surface area contributed by atoms with Crippen molar-refractivity contribution in [1.82, 2.24) is 0 Å². The van der Waals surface area contributed by atoms with E-state index in [2.05, 4.69) is 0 Å². The highest BCUT2D eigenvalue weighted by Crippen LogP contribution is 2.31. The number of hydrogen-bond donors (Lipinski definition) is 0. The maximum Gasteiger partial charge on any atom is 0.355 e. The molecule has 0 aromatic heterocycles. The number of methoxy groups -OCH3 is 2. The molecule has 30 heavy (non-hydrogen) atoms. The van der Waals surface area contributed by atoms with Gasteiger partial charge in [0.05, 0.1) is 19.8 Å². The minimum Gasteiger partial charge on any atom is -0.465 e. The fourth-order valence-corrected chi connectivity index (χ4v) is 3.27. The lowest BCUT2D eigenvalue weighted by Crippen LogP contribution is -2.26. The van der Waals surface area contributed by atoms with Crippen molar-refractivity contribution < 1.29 is 23.8 Å². The number of carbonyl (C=O) groups excluding carboxylic acids is 2. The summed E-state index contributed by atoms with van der Waals surface area (Å²) in [5.74, 6) is -0.313. The third kappa shape index (κ3) is 4.84. The lowest BCUT2D eigenvalue weighted by atomic mass is 10.1. The van der Waals surface area contributed by atoms with Crippen LogP contribution in [0, 0.1) is 0 Å². The number of halogens is 2. The van der Waals surface area contributed by atoms with Gasteiger partial charge in [-0.25, -0.2) is 9.59 Å². The van der Waals surface area contributed by atoms with E-state index in [1.165, 1.54) is 25.2 Å². The Morgan fingerprint density at radius 3 is 2.07 bits per heavy atom. The molecular weight excluding hydrogens is 429 g/mol. The van der Waals surface area contributed by atoms with E-state index in [0.717, 1.165) is 0 Å². The van der Waals surface area contributed by atoms with Gasteiger partial charge in [-0.3, -0.25) is 0 Å². The zero-order chi connectivity index (χ0) is 21.7. The number of hydrogen-bond acceptors (Lipinski definition) is 6. The zero-order valence-corrected chi connectivity index (χ0v) is 17.6. The number of allylic oxidation sites excluding steroid dienone is 2. The number of anilines is 1. The summed E-state index contributed by atoms with van der Waals surface area (Å²) in [4.78, 5) is 26.2.